The minimum atomic E-state index is -0.834. The first-order valence-electron chi connectivity index (χ1n) is 6.45. The molecule has 0 saturated carbocycles. The molecule has 106 valence electrons. The van der Waals surface area contributed by atoms with E-state index in [0.717, 1.165) is 5.56 Å². The summed E-state index contributed by atoms with van der Waals surface area (Å²) < 4.78 is 0. The van der Waals surface area contributed by atoms with E-state index in [9.17, 15) is 14.4 Å². The van der Waals surface area contributed by atoms with Crippen LogP contribution in [-0.4, -0.2) is 28.9 Å². The number of hydrogen-bond donors (Lipinski definition) is 3. The van der Waals surface area contributed by atoms with Crippen LogP contribution in [0, 0.1) is 0 Å². The van der Waals surface area contributed by atoms with Gasteiger partial charge in [-0.25, -0.2) is 0 Å². The molecule has 1 fully saturated rings. The number of aryl methyl sites for hydroxylation is 1. The van der Waals surface area contributed by atoms with Gasteiger partial charge in [-0.1, -0.05) is 12.1 Å². The van der Waals surface area contributed by atoms with E-state index >= 15 is 0 Å². The lowest BCUT2D eigenvalue weighted by Gasteiger charge is -2.11. The van der Waals surface area contributed by atoms with Gasteiger partial charge in [0.25, 0.3) is 0 Å². The SMILES string of the molecule is O=C(O)CCc1ccc(NC(=O)[C@@H]2CCC(=O)N2)cc1. The summed E-state index contributed by atoms with van der Waals surface area (Å²) in [5.74, 6) is -1.16. The standard InChI is InChI=1S/C14H16N2O4/c17-12-7-6-11(16-12)14(20)15-10-4-1-9(2-5-10)3-8-13(18)19/h1-2,4-5,11H,3,6-8H2,(H,15,20)(H,16,17)(H,18,19)/t11-/m0/s1. The smallest absolute Gasteiger partial charge is 0.303 e. The van der Waals surface area contributed by atoms with Gasteiger partial charge in [0.15, 0.2) is 0 Å². The highest BCUT2D eigenvalue weighted by atomic mass is 16.4. The van der Waals surface area contributed by atoms with Gasteiger partial charge < -0.3 is 15.7 Å². The molecule has 1 aromatic carbocycles. The Kier molecular flexibility index (Phi) is 4.34. The zero-order valence-corrected chi connectivity index (χ0v) is 10.9. The fraction of sp³-hybridized carbons (Fsp3) is 0.357. The highest BCUT2D eigenvalue weighted by Crippen LogP contribution is 2.13. The second-order valence-electron chi connectivity index (χ2n) is 4.74. The van der Waals surface area contributed by atoms with Crippen LogP contribution < -0.4 is 10.6 Å². The predicted molar refractivity (Wildman–Crippen MR) is 72.2 cm³/mol. The van der Waals surface area contributed by atoms with Crippen LogP contribution in [0.25, 0.3) is 0 Å². The zero-order valence-electron chi connectivity index (χ0n) is 10.9. The van der Waals surface area contributed by atoms with E-state index in [-0.39, 0.29) is 18.2 Å². The van der Waals surface area contributed by atoms with Crippen molar-refractivity contribution < 1.29 is 19.5 Å². The number of carboxylic acids is 1. The average molecular weight is 276 g/mol. The third-order valence-electron chi connectivity index (χ3n) is 3.16. The summed E-state index contributed by atoms with van der Waals surface area (Å²) in [6.07, 6.45) is 1.44. The second-order valence-corrected chi connectivity index (χ2v) is 4.74. The number of carbonyl (C=O) groups excluding carboxylic acids is 2. The third kappa shape index (κ3) is 3.81. The topological polar surface area (TPSA) is 95.5 Å². The molecule has 0 bridgehead atoms. The van der Waals surface area contributed by atoms with Crippen LogP contribution in [-0.2, 0) is 20.8 Å². The summed E-state index contributed by atoms with van der Waals surface area (Å²) in [5.41, 5.74) is 1.54. The molecule has 1 heterocycles. The normalized spacial score (nSPS) is 17.6. The maximum Gasteiger partial charge on any atom is 0.303 e. The summed E-state index contributed by atoms with van der Waals surface area (Å²) in [7, 11) is 0. The second kappa shape index (κ2) is 6.18. The van der Waals surface area contributed by atoms with Crippen LogP contribution in [0.3, 0.4) is 0 Å². The molecule has 0 aliphatic carbocycles. The summed E-state index contributed by atoms with van der Waals surface area (Å²) in [6, 6.07) is 6.56. The lowest BCUT2D eigenvalue weighted by molar-refractivity contribution is -0.137. The number of rotatable bonds is 5. The largest absolute Gasteiger partial charge is 0.481 e. The van der Waals surface area contributed by atoms with Gasteiger partial charge in [-0.2, -0.15) is 0 Å². The molecule has 1 atom stereocenters. The number of nitrogens with one attached hydrogen (secondary N) is 2. The van der Waals surface area contributed by atoms with E-state index < -0.39 is 12.0 Å². The zero-order chi connectivity index (χ0) is 14.5. The van der Waals surface area contributed by atoms with Crippen molar-refractivity contribution in [3.05, 3.63) is 29.8 Å². The van der Waals surface area contributed by atoms with Crippen LogP contribution >= 0.6 is 0 Å². The number of hydrogen-bond acceptors (Lipinski definition) is 3. The first kappa shape index (κ1) is 14.0. The van der Waals surface area contributed by atoms with Gasteiger partial charge in [0, 0.05) is 18.5 Å². The molecule has 3 N–H and O–H groups in total. The van der Waals surface area contributed by atoms with Gasteiger partial charge in [-0.05, 0) is 30.5 Å². The van der Waals surface area contributed by atoms with E-state index in [1.807, 2.05) is 0 Å². The Balaban J connectivity index is 1.88. The maximum absolute atomic E-state index is 11.9. The van der Waals surface area contributed by atoms with Crippen molar-refractivity contribution in [1.82, 2.24) is 5.32 Å². The van der Waals surface area contributed by atoms with Crippen molar-refractivity contribution in [2.45, 2.75) is 31.7 Å². The lowest BCUT2D eigenvalue weighted by Crippen LogP contribution is -2.37. The van der Waals surface area contributed by atoms with Gasteiger partial charge in [0.1, 0.15) is 6.04 Å². The summed E-state index contributed by atoms with van der Waals surface area (Å²) in [4.78, 5) is 33.4. The number of carboxylic acid groups (broad SMARTS) is 1. The Morgan fingerprint density at radius 1 is 1.30 bits per heavy atom. The van der Waals surface area contributed by atoms with Crippen molar-refractivity contribution in [3.63, 3.8) is 0 Å². The minimum Gasteiger partial charge on any atom is -0.481 e. The highest BCUT2D eigenvalue weighted by molar-refractivity contribution is 5.98. The van der Waals surface area contributed by atoms with E-state index in [1.165, 1.54) is 0 Å². The van der Waals surface area contributed by atoms with E-state index in [1.54, 1.807) is 24.3 Å². The van der Waals surface area contributed by atoms with Crippen LogP contribution in [0.4, 0.5) is 5.69 Å². The number of anilines is 1. The molecule has 0 radical (unpaired) electrons. The van der Waals surface area contributed by atoms with Crippen LogP contribution in [0.1, 0.15) is 24.8 Å². The fourth-order valence-electron chi connectivity index (χ4n) is 2.05. The van der Waals surface area contributed by atoms with Crippen molar-refractivity contribution in [2.24, 2.45) is 0 Å². The Morgan fingerprint density at radius 2 is 2.00 bits per heavy atom. The van der Waals surface area contributed by atoms with Gasteiger partial charge in [0.05, 0.1) is 0 Å². The average Bonchev–Trinajstić information content (AvgIpc) is 2.85. The maximum atomic E-state index is 11.9. The molecule has 2 rings (SSSR count). The molecule has 20 heavy (non-hydrogen) atoms. The minimum absolute atomic E-state index is 0.0831. The fourth-order valence-corrected chi connectivity index (χ4v) is 2.05. The first-order valence-corrected chi connectivity index (χ1v) is 6.45. The number of carbonyl (C=O) groups is 3. The first-order chi connectivity index (χ1) is 9.54. The monoisotopic (exact) mass is 276 g/mol. The molecule has 0 aromatic heterocycles. The molecule has 1 aliphatic heterocycles. The molecule has 6 nitrogen and oxygen atoms in total. The Labute approximate surface area is 116 Å². The summed E-state index contributed by atoms with van der Waals surface area (Å²) in [5, 5.41) is 13.9. The number of benzene rings is 1. The van der Waals surface area contributed by atoms with E-state index in [4.69, 9.17) is 5.11 Å². The van der Waals surface area contributed by atoms with Gasteiger partial charge in [0.2, 0.25) is 11.8 Å². The van der Waals surface area contributed by atoms with Crippen molar-refractivity contribution in [1.29, 1.82) is 0 Å². The van der Waals surface area contributed by atoms with Crippen molar-refractivity contribution >= 4 is 23.5 Å². The number of amides is 2. The van der Waals surface area contributed by atoms with Crippen molar-refractivity contribution in [2.75, 3.05) is 5.32 Å². The summed E-state index contributed by atoms with van der Waals surface area (Å²) in [6.45, 7) is 0. The van der Waals surface area contributed by atoms with Crippen molar-refractivity contribution in [3.8, 4) is 0 Å². The number of aliphatic carboxylic acids is 1. The highest BCUT2D eigenvalue weighted by Gasteiger charge is 2.26. The molecule has 1 aliphatic rings. The molecular formula is C14H16N2O4. The molecule has 1 saturated heterocycles. The Morgan fingerprint density at radius 3 is 2.55 bits per heavy atom. The quantitative estimate of drug-likeness (QED) is 0.745. The lowest BCUT2D eigenvalue weighted by atomic mass is 10.1. The third-order valence-corrected chi connectivity index (χ3v) is 3.16. The molecule has 1 aromatic rings. The Hall–Kier alpha value is -2.37. The van der Waals surface area contributed by atoms with Gasteiger partial charge in [-0.3, -0.25) is 14.4 Å². The molecule has 0 spiro atoms. The predicted octanol–water partition coefficient (Wildman–Crippen LogP) is 0.921. The van der Waals surface area contributed by atoms with Crippen LogP contribution in [0.15, 0.2) is 24.3 Å². The van der Waals surface area contributed by atoms with E-state index in [0.29, 0.717) is 24.9 Å². The summed E-state index contributed by atoms with van der Waals surface area (Å²) >= 11 is 0. The van der Waals surface area contributed by atoms with Crippen LogP contribution in [0.5, 0.6) is 0 Å². The van der Waals surface area contributed by atoms with E-state index in [2.05, 4.69) is 10.6 Å². The molecule has 6 heteroatoms. The Bertz CT molecular complexity index is 524. The van der Waals surface area contributed by atoms with Gasteiger partial charge >= 0.3 is 5.97 Å². The molecule has 0 unspecified atom stereocenters. The van der Waals surface area contributed by atoms with Crippen LogP contribution in [0.2, 0.25) is 0 Å². The van der Waals surface area contributed by atoms with Gasteiger partial charge in [-0.15, -0.1) is 0 Å². The molecular weight excluding hydrogens is 260 g/mol. The molecule has 2 amide bonds.